The molecule has 2 heterocycles. The van der Waals surface area contributed by atoms with E-state index in [1.165, 1.54) is 18.5 Å². The highest BCUT2D eigenvalue weighted by Gasteiger charge is 2.35. The second-order valence-electron chi connectivity index (χ2n) is 5.88. The largest absolute Gasteiger partial charge is 0.353 e. The van der Waals surface area contributed by atoms with Crippen LogP contribution in [-0.2, 0) is 11.8 Å². The topological polar surface area (TPSA) is 25.2 Å². The van der Waals surface area contributed by atoms with Gasteiger partial charge in [0.1, 0.15) is 0 Å². The van der Waals surface area contributed by atoms with Crippen LogP contribution >= 0.6 is 15.9 Å². The van der Waals surface area contributed by atoms with Crippen molar-refractivity contribution in [3.05, 3.63) is 24.0 Å². The van der Waals surface area contributed by atoms with Gasteiger partial charge >= 0.3 is 0 Å². The Morgan fingerprint density at radius 1 is 1.37 bits per heavy atom. The standard InChI is InChI=1S/C15H23BrN2O/c1-15(2,16)14(19)18-11-6-4-5-8-13(18)12-9-7-10-17(12)3/h7,9-10,13H,4-6,8,11H2,1-3H3. The van der Waals surface area contributed by atoms with Crippen molar-refractivity contribution >= 4 is 21.8 Å². The minimum absolute atomic E-state index is 0.195. The van der Waals surface area contributed by atoms with Crippen LogP contribution in [0, 0.1) is 0 Å². The summed E-state index contributed by atoms with van der Waals surface area (Å²) in [5.41, 5.74) is 1.24. The molecule has 0 N–H and O–H groups in total. The van der Waals surface area contributed by atoms with Crippen molar-refractivity contribution in [1.29, 1.82) is 0 Å². The first-order chi connectivity index (χ1) is 8.91. The molecule has 1 saturated heterocycles. The van der Waals surface area contributed by atoms with Crippen molar-refractivity contribution in [2.75, 3.05) is 6.54 Å². The van der Waals surface area contributed by atoms with E-state index in [1.807, 2.05) is 13.8 Å². The maximum Gasteiger partial charge on any atom is 0.239 e. The maximum absolute atomic E-state index is 12.7. The lowest BCUT2D eigenvalue weighted by atomic mass is 10.0. The number of amides is 1. The molecule has 0 aromatic carbocycles. The molecule has 0 bridgehead atoms. The Kier molecular flexibility index (Phi) is 4.39. The van der Waals surface area contributed by atoms with Crippen LogP contribution in [0.3, 0.4) is 0 Å². The molecule has 0 aliphatic carbocycles. The van der Waals surface area contributed by atoms with Gasteiger partial charge < -0.3 is 9.47 Å². The van der Waals surface area contributed by atoms with Crippen LogP contribution < -0.4 is 0 Å². The van der Waals surface area contributed by atoms with Crippen molar-refractivity contribution in [2.45, 2.75) is 49.9 Å². The zero-order valence-electron chi connectivity index (χ0n) is 12.0. The summed E-state index contributed by atoms with van der Waals surface area (Å²) in [6.07, 6.45) is 6.64. The highest BCUT2D eigenvalue weighted by atomic mass is 79.9. The fourth-order valence-corrected chi connectivity index (χ4v) is 3.05. The van der Waals surface area contributed by atoms with E-state index in [4.69, 9.17) is 0 Å². The number of rotatable bonds is 2. The molecule has 1 aliphatic heterocycles. The number of halogens is 1. The van der Waals surface area contributed by atoms with E-state index in [2.05, 4.69) is 50.8 Å². The quantitative estimate of drug-likeness (QED) is 0.761. The fraction of sp³-hybridized carbons (Fsp3) is 0.667. The van der Waals surface area contributed by atoms with Crippen molar-refractivity contribution in [2.24, 2.45) is 7.05 Å². The predicted octanol–water partition coefficient (Wildman–Crippen LogP) is 3.64. The zero-order chi connectivity index (χ0) is 14.0. The summed E-state index contributed by atoms with van der Waals surface area (Å²) in [6.45, 7) is 4.73. The Bertz CT molecular complexity index is 447. The molecule has 106 valence electrons. The lowest BCUT2D eigenvalue weighted by Crippen LogP contribution is -2.44. The number of carbonyl (C=O) groups is 1. The van der Waals surface area contributed by atoms with E-state index in [1.54, 1.807) is 0 Å². The zero-order valence-corrected chi connectivity index (χ0v) is 13.6. The SMILES string of the molecule is Cn1cccc1C1CCCCCN1C(=O)C(C)(C)Br. The second-order valence-corrected chi connectivity index (χ2v) is 7.86. The summed E-state index contributed by atoms with van der Waals surface area (Å²) in [5.74, 6) is 0.195. The molecule has 1 atom stereocenters. The van der Waals surface area contributed by atoms with Crippen LogP contribution in [0.4, 0.5) is 0 Å². The molecule has 0 saturated carbocycles. The number of aryl methyl sites for hydroxylation is 1. The monoisotopic (exact) mass is 326 g/mol. The summed E-state index contributed by atoms with van der Waals surface area (Å²) in [7, 11) is 2.06. The van der Waals surface area contributed by atoms with Crippen LogP contribution in [-0.4, -0.2) is 26.2 Å². The van der Waals surface area contributed by atoms with E-state index in [-0.39, 0.29) is 11.9 Å². The van der Waals surface area contributed by atoms with Gasteiger partial charge in [0, 0.05) is 25.5 Å². The molecule has 1 fully saturated rings. The van der Waals surface area contributed by atoms with Crippen LogP contribution in [0.2, 0.25) is 0 Å². The van der Waals surface area contributed by atoms with Crippen molar-refractivity contribution in [1.82, 2.24) is 9.47 Å². The van der Waals surface area contributed by atoms with Gasteiger partial charge in [-0.1, -0.05) is 28.8 Å². The maximum atomic E-state index is 12.7. The smallest absolute Gasteiger partial charge is 0.239 e. The van der Waals surface area contributed by atoms with E-state index in [9.17, 15) is 4.79 Å². The summed E-state index contributed by atoms with van der Waals surface area (Å²) >= 11 is 3.52. The molecule has 4 heteroatoms. The van der Waals surface area contributed by atoms with Gasteiger partial charge in [-0.25, -0.2) is 0 Å². The van der Waals surface area contributed by atoms with Crippen LogP contribution in [0.15, 0.2) is 18.3 Å². The van der Waals surface area contributed by atoms with Crippen LogP contribution in [0.5, 0.6) is 0 Å². The predicted molar refractivity (Wildman–Crippen MR) is 81.3 cm³/mol. The lowest BCUT2D eigenvalue weighted by Gasteiger charge is -2.34. The average Bonchev–Trinajstić information content (AvgIpc) is 2.62. The summed E-state index contributed by atoms with van der Waals surface area (Å²) < 4.78 is 1.65. The Hall–Kier alpha value is -0.770. The third kappa shape index (κ3) is 3.22. The highest BCUT2D eigenvalue weighted by Crippen LogP contribution is 2.33. The molecular weight excluding hydrogens is 304 g/mol. The normalized spacial score (nSPS) is 21.3. The first kappa shape index (κ1) is 14.6. The number of likely N-dealkylation sites (tertiary alicyclic amines) is 1. The van der Waals surface area contributed by atoms with Gasteiger partial charge in [0.15, 0.2) is 0 Å². The molecule has 19 heavy (non-hydrogen) atoms. The van der Waals surface area contributed by atoms with E-state index in [0.717, 1.165) is 19.4 Å². The lowest BCUT2D eigenvalue weighted by molar-refractivity contribution is -0.135. The summed E-state index contributed by atoms with van der Waals surface area (Å²) in [4.78, 5) is 14.7. The van der Waals surface area contributed by atoms with Crippen molar-refractivity contribution in [3.8, 4) is 0 Å². The van der Waals surface area contributed by atoms with Gasteiger partial charge in [0.2, 0.25) is 5.91 Å². The van der Waals surface area contributed by atoms with E-state index >= 15 is 0 Å². The van der Waals surface area contributed by atoms with Gasteiger partial charge in [-0.3, -0.25) is 4.79 Å². The number of alkyl halides is 1. The Morgan fingerprint density at radius 2 is 2.11 bits per heavy atom. The third-order valence-electron chi connectivity index (χ3n) is 3.85. The van der Waals surface area contributed by atoms with Gasteiger partial charge in [-0.15, -0.1) is 0 Å². The highest BCUT2D eigenvalue weighted by molar-refractivity contribution is 9.10. The Morgan fingerprint density at radius 3 is 2.68 bits per heavy atom. The average molecular weight is 327 g/mol. The van der Waals surface area contributed by atoms with Gasteiger partial charge in [0.05, 0.1) is 10.4 Å². The molecule has 3 nitrogen and oxygen atoms in total. The minimum atomic E-state index is -0.485. The summed E-state index contributed by atoms with van der Waals surface area (Å²) in [6, 6.07) is 4.41. The summed E-state index contributed by atoms with van der Waals surface area (Å²) in [5, 5.41) is 0. The van der Waals surface area contributed by atoms with Gasteiger partial charge in [0.25, 0.3) is 0 Å². The minimum Gasteiger partial charge on any atom is -0.353 e. The first-order valence-corrected chi connectivity index (χ1v) is 7.82. The third-order valence-corrected chi connectivity index (χ3v) is 4.19. The Labute approximate surface area is 124 Å². The fourth-order valence-electron chi connectivity index (χ4n) is 2.82. The van der Waals surface area contributed by atoms with Crippen molar-refractivity contribution < 1.29 is 4.79 Å². The van der Waals surface area contributed by atoms with E-state index in [0.29, 0.717) is 0 Å². The molecule has 1 aliphatic rings. The molecule has 2 rings (SSSR count). The molecule has 1 aromatic rings. The number of nitrogens with zero attached hydrogens (tertiary/aromatic N) is 2. The molecule has 0 radical (unpaired) electrons. The molecule has 1 amide bonds. The number of hydrogen-bond donors (Lipinski definition) is 0. The molecular formula is C15H23BrN2O. The number of carbonyl (C=O) groups excluding carboxylic acids is 1. The molecule has 1 unspecified atom stereocenters. The van der Waals surface area contributed by atoms with E-state index < -0.39 is 4.32 Å². The van der Waals surface area contributed by atoms with Crippen LogP contribution in [0.1, 0.15) is 51.3 Å². The second kappa shape index (κ2) is 5.70. The van der Waals surface area contributed by atoms with Gasteiger partial charge in [-0.05, 0) is 38.8 Å². The van der Waals surface area contributed by atoms with Gasteiger partial charge in [-0.2, -0.15) is 0 Å². The Balaban J connectivity index is 2.31. The number of aromatic nitrogens is 1. The first-order valence-electron chi connectivity index (χ1n) is 7.02. The molecule has 0 spiro atoms. The van der Waals surface area contributed by atoms with Crippen LogP contribution in [0.25, 0.3) is 0 Å². The van der Waals surface area contributed by atoms with Crippen molar-refractivity contribution in [3.63, 3.8) is 0 Å². The molecule has 1 aromatic heterocycles. The number of hydrogen-bond acceptors (Lipinski definition) is 1.